The van der Waals surface area contributed by atoms with Crippen LogP contribution in [0.1, 0.15) is 43.7 Å². The number of hydrogen-bond donors (Lipinski definition) is 0. The largest absolute Gasteiger partial charge is 0.479 e. The van der Waals surface area contributed by atoms with Crippen LogP contribution >= 0.6 is 15.9 Å². The molecule has 2 rings (SSSR count). The topological polar surface area (TPSA) is 35.0 Å². The number of rotatable bonds is 2. The molecule has 0 atom stereocenters. The van der Waals surface area contributed by atoms with Crippen LogP contribution in [0, 0.1) is 0 Å². The Balaban J connectivity index is 2.17. The van der Waals surface area contributed by atoms with Gasteiger partial charge in [0.2, 0.25) is 5.88 Å². The van der Waals surface area contributed by atoms with Gasteiger partial charge in [0.25, 0.3) is 0 Å². The molecule has 0 saturated heterocycles. The molecule has 1 saturated carbocycles. The van der Waals surface area contributed by atoms with Crippen molar-refractivity contribution >= 4 is 15.9 Å². The van der Waals surface area contributed by atoms with Gasteiger partial charge in [0.1, 0.15) is 0 Å². The Labute approximate surface area is 98.4 Å². The molecule has 1 aliphatic rings. The quantitative estimate of drug-likeness (QED) is 0.827. The Morgan fingerprint density at radius 1 is 1.27 bits per heavy atom. The molecule has 4 heteroatoms. The van der Waals surface area contributed by atoms with Gasteiger partial charge in [-0.25, -0.2) is 0 Å². The third kappa shape index (κ3) is 2.48. The van der Waals surface area contributed by atoms with E-state index in [9.17, 15) is 0 Å². The van der Waals surface area contributed by atoms with Crippen molar-refractivity contribution in [1.29, 1.82) is 0 Å². The normalized spacial score (nSPS) is 17.7. The summed E-state index contributed by atoms with van der Waals surface area (Å²) in [6.45, 7) is 0. The van der Waals surface area contributed by atoms with Crippen LogP contribution in [0.4, 0.5) is 0 Å². The predicted octanol–water partition coefficient (Wildman–Crippen LogP) is 3.30. The molecule has 0 spiro atoms. The Morgan fingerprint density at radius 2 is 2.00 bits per heavy atom. The van der Waals surface area contributed by atoms with Crippen LogP contribution in [0.2, 0.25) is 0 Å². The molecule has 0 bridgehead atoms. The Bertz CT molecular complexity index is 337. The number of hydrogen-bond acceptors (Lipinski definition) is 3. The molecule has 15 heavy (non-hydrogen) atoms. The van der Waals surface area contributed by atoms with Crippen molar-refractivity contribution in [2.75, 3.05) is 7.11 Å². The fourth-order valence-electron chi connectivity index (χ4n) is 2.11. The highest BCUT2D eigenvalue weighted by Crippen LogP contribution is 2.33. The maximum absolute atomic E-state index is 5.07. The lowest BCUT2D eigenvalue weighted by molar-refractivity contribution is 0.383. The molecule has 0 aliphatic heterocycles. The fraction of sp³-hybridized carbons (Fsp3) is 0.636. The maximum Gasteiger partial charge on any atom is 0.247 e. The van der Waals surface area contributed by atoms with Crippen molar-refractivity contribution < 1.29 is 4.74 Å². The molecular formula is C11H15BrN2O. The number of nitrogens with zero attached hydrogens (tertiary/aromatic N) is 2. The first-order valence-corrected chi connectivity index (χ1v) is 6.17. The number of methoxy groups -OCH3 is 1. The number of ether oxygens (including phenoxy) is 1. The van der Waals surface area contributed by atoms with Crippen molar-refractivity contribution in [2.45, 2.75) is 38.0 Å². The molecular weight excluding hydrogens is 256 g/mol. The lowest BCUT2D eigenvalue weighted by atomic mass is 9.87. The van der Waals surface area contributed by atoms with Gasteiger partial charge in [0.15, 0.2) is 0 Å². The van der Waals surface area contributed by atoms with Crippen LogP contribution in [0.5, 0.6) is 5.88 Å². The highest BCUT2D eigenvalue weighted by atomic mass is 79.9. The van der Waals surface area contributed by atoms with E-state index in [1.54, 1.807) is 7.11 Å². The fourth-order valence-corrected chi connectivity index (χ4v) is 2.58. The van der Waals surface area contributed by atoms with Crippen LogP contribution in [0.3, 0.4) is 0 Å². The molecule has 0 N–H and O–H groups in total. The van der Waals surface area contributed by atoms with E-state index < -0.39 is 0 Å². The smallest absolute Gasteiger partial charge is 0.247 e. The van der Waals surface area contributed by atoms with Gasteiger partial charge in [0.05, 0.1) is 17.3 Å². The second kappa shape index (κ2) is 4.92. The van der Waals surface area contributed by atoms with Gasteiger partial charge in [-0.15, -0.1) is 5.10 Å². The molecule has 1 aromatic rings. The van der Waals surface area contributed by atoms with Crippen molar-refractivity contribution in [1.82, 2.24) is 10.2 Å². The monoisotopic (exact) mass is 270 g/mol. The van der Waals surface area contributed by atoms with Crippen molar-refractivity contribution in [3.63, 3.8) is 0 Å². The van der Waals surface area contributed by atoms with E-state index in [0.717, 1.165) is 10.2 Å². The molecule has 0 unspecified atom stereocenters. The SMILES string of the molecule is COc1nnc(C2CCCCC2)cc1Br. The number of halogens is 1. The third-order valence-electron chi connectivity index (χ3n) is 2.95. The van der Waals surface area contributed by atoms with Crippen LogP contribution in [-0.4, -0.2) is 17.3 Å². The van der Waals surface area contributed by atoms with Gasteiger partial charge in [-0.05, 0) is 34.8 Å². The molecule has 3 nitrogen and oxygen atoms in total. The first kappa shape index (κ1) is 10.9. The first-order valence-electron chi connectivity index (χ1n) is 5.38. The van der Waals surface area contributed by atoms with Gasteiger partial charge in [-0.3, -0.25) is 0 Å². The summed E-state index contributed by atoms with van der Waals surface area (Å²) in [5, 5.41) is 8.28. The third-order valence-corrected chi connectivity index (χ3v) is 3.52. The van der Waals surface area contributed by atoms with Gasteiger partial charge >= 0.3 is 0 Å². The van der Waals surface area contributed by atoms with E-state index >= 15 is 0 Å². The summed E-state index contributed by atoms with van der Waals surface area (Å²) in [4.78, 5) is 0. The summed E-state index contributed by atoms with van der Waals surface area (Å²) in [5.41, 5.74) is 1.10. The second-order valence-corrected chi connectivity index (χ2v) is 4.82. The first-order chi connectivity index (χ1) is 7.31. The zero-order chi connectivity index (χ0) is 10.7. The van der Waals surface area contributed by atoms with Crippen molar-refractivity contribution in [3.05, 3.63) is 16.2 Å². The Morgan fingerprint density at radius 3 is 2.60 bits per heavy atom. The minimum Gasteiger partial charge on any atom is -0.479 e. The lowest BCUT2D eigenvalue weighted by Crippen LogP contribution is -2.08. The maximum atomic E-state index is 5.07. The summed E-state index contributed by atoms with van der Waals surface area (Å²) in [7, 11) is 1.61. The molecule has 1 aromatic heterocycles. The van der Waals surface area contributed by atoms with Crippen LogP contribution in [-0.2, 0) is 0 Å². The average molecular weight is 271 g/mol. The van der Waals surface area contributed by atoms with E-state index in [2.05, 4.69) is 26.1 Å². The summed E-state index contributed by atoms with van der Waals surface area (Å²) in [5.74, 6) is 1.16. The zero-order valence-electron chi connectivity index (χ0n) is 8.87. The summed E-state index contributed by atoms with van der Waals surface area (Å²) in [6.07, 6.45) is 6.48. The lowest BCUT2D eigenvalue weighted by Gasteiger charge is -2.20. The van der Waals surface area contributed by atoms with Gasteiger partial charge in [-0.1, -0.05) is 19.3 Å². The highest BCUT2D eigenvalue weighted by molar-refractivity contribution is 9.10. The highest BCUT2D eigenvalue weighted by Gasteiger charge is 2.18. The summed E-state index contributed by atoms with van der Waals surface area (Å²) >= 11 is 3.45. The molecule has 82 valence electrons. The van der Waals surface area contributed by atoms with E-state index in [4.69, 9.17) is 4.74 Å². The van der Waals surface area contributed by atoms with E-state index in [1.165, 1.54) is 32.1 Å². The zero-order valence-corrected chi connectivity index (χ0v) is 10.5. The molecule has 1 aliphatic carbocycles. The molecule has 1 fully saturated rings. The van der Waals surface area contributed by atoms with Crippen LogP contribution in [0.25, 0.3) is 0 Å². The Kier molecular flexibility index (Phi) is 3.57. The predicted molar refractivity (Wildman–Crippen MR) is 62.1 cm³/mol. The summed E-state index contributed by atoms with van der Waals surface area (Å²) in [6, 6.07) is 2.04. The Hall–Kier alpha value is -0.640. The van der Waals surface area contributed by atoms with Crippen LogP contribution < -0.4 is 4.74 Å². The van der Waals surface area contributed by atoms with Gasteiger partial charge in [0, 0.05) is 5.92 Å². The molecule has 0 radical (unpaired) electrons. The second-order valence-electron chi connectivity index (χ2n) is 3.96. The van der Waals surface area contributed by atoms with Gasteiger partial charge in [-0.2, -0.15) is 5.10 Å². The van der Waals surface area contributed by atoms with E-state index in [0.29, 0.717) is 11.8 Å². The van der Waals surface area contributed by atoms with E-state index in [-0.39, 0.29) is 0 Å². The average Bonchev–Trinajstić information content (AvgIpc) is 2.30. The standard InChI is InChI=1S/C11H15BrN2O/c1-15-11-9(12)7-10(13-14-11)8-5-3-2-4-6-8/h7-8H,2-6H2,1H3. The minimum absolute atomic E-state index is 0.564. The summed E-state index contributed by atoms with van der Waals surface area (Å²) < 4.78 is 5.97. The van der Waals surface area contributed by atoms with Crippen molar-refractivity contribution in [3.8, 4) is 5.88 Å². The minimum atomic E-state index is 0.564. The van der Waals surface area contributed by atoms with Gasteiger partial charge < -0.3 is 4.74 Å². The molecule has 0 aromatic carbocycles. The molecule has 0 amide bonds. The van der Waals surface area contributed by atoms with Crippen LogP contribution in [0.15, 0.2) is 10.5 Å². The van der Waals surface area contributed by atoms with E-state index in [1.807, 2.05) is 6.07 Å². The number of aromatic nitrogens is 2. The molecule has 1 heterocycles. The van der Waals surface area contributed by atoms with Crippen molar-refractivity contribution in [2.24, 2.45) is 0 Å².